The van der Waals surface area contributed by atoms with E-state index in [1.165, 1.54) is 4.90 Å². The summed E-state index contributed by atoms with van der Waals surface area (Å²) in [7, 11) is 0. The van der Waals surface area contributed by atoms with E-state index >= 15 is 0 Å². The number of likely N-dealkylation sites (tertiary alicyclic amines) is 1. The molecule has 5 atom stereocenters. The lowest BCUT2D eigenvalue weighted by Crippen LogP contribution is -2.44. The van der Waals surface area contributed by atoms with E-state index in [0.717, 1.165) is 25.7 Å². The Morgan fingerprint density at radius 2 is 1.22 bits per heavy atom. The molecule has 0 radical (unpaired) electrons. The fraction of sp³-hybridized carbons (Fsp3) is 0.360. The van der Waals surface area contributed by atoms with Gasteiger partial charge in [0.15, 0.2) is 0 Å². The van der Waals surface area contributed by atoms with Crippen molar-refractivity contribution in [3.8, 4) is 0 Å². The van der Waals surface area contributed by atoms with E-state index in [-0.39, 0.29) is 23.1 Å². The van der Waals surface area contributed by atoms with Crippen LogP contribution in [0, 0.1) is 11.8 Å². The molecule has 2 bridgehead atoms. The zero-order chi connectivity index (χ0) is 22.2. The fourth-order valence-corrected chi connectivity index (χ4v) is 5.24. The topological polar surface area (TPSA) is 90.0 Å². The van der Waals surface area contributed by atoms with Crippen LogP contribution < -0.4 is 0 Å². The third kappa shape index (κ3) is 3.57. The molecular weight excluding hydrogens is 410 g/mol. The van der Waals surface area contributed by atoms with E-state index in [2.05, 4.69) is 0 Å². The summed E-state index contributed by atoms with van der Waals surface area (Å²) in [6.07, 6.45) is 0.820. The summed E-state index contributed by atoms with van der Waals surface area (Å²) in [6.45, 7) is 0. The number of fused-ring (bicyclic) bond motifs is 2. The molecule has 0 spiro atoms. The molecular formula is C25H23NO6. The van der Waals surface area contributed by atoms with Gasteiger partial charge in [0, 0.05) is 6.04 Å². The maximum Gasteiger partial charge on any atom is 0.339 e. The van der Waals surface area contributed by atoms with Gasteiger partial charge in [-0.3, -0.25) is 14.5 Å². The SMILES string of the molecule is O=C(OC1C(=O)N(C2CC3CCC2C3)C(=O)C1OC(=O)c1ccccc1)c1ccccc1. The molecule has 2 amide bonds. The smallest absolute Gasteiger partial charge is 0.339 e. The van der Waals surface area contributed by atoms with Crippen LogP contribution in [0.2, 0.25) is 0 Å². The number of imide groups is 1. The Bertz CT molecular complexity index is 981. The lowest BCUT2D eigenvalue weighted by atomic mass is 9.94. The Balaban J connectivity index is 1.42. The highest BCUT2D eigenvalue weighted by Crippen LogP contribution is 2.48. The third-order valence-electron chi connectivity index (χ3n) is 6.76. The van der Waals surface area contributed by atoms with Crippen LogP contribution in [0.1, 0.15) is 46.4 Å². The van der Waals surface area contributed by atoms with Gasteiger partial charge in [-0.25, -0.2) is 9.59 Å². The quantitative estimate of drug-likeness (QED) is 0.532. The summed E-state index contributed by atoms with van der Waals surface area (Å²) in [5.74, 6) is -1.95. The minimum Gasteiger partial charge on any atom is -0.444 e. The van der Waals surface area contributed by atoms with Crippen LogP contribution in [0.5, 0.6) is 0 Å². The highest BCUT2D eigenvalue weighted by molar-refractivity contribution is 6.10. The van der Waals surface area contributed by atoms with Crippen LogP contribution in [0.25, 0.3) is 0 Å². The number of benzene rings is 2. The first-order valence-electron chi connectivity index (χ1n) is 10.9. The minimum atomic E-state index is -1.50. The van der Waals surface area contributed by atoms with E-state index in [1.54, 1.807) is 60.7 Å². The number of amides is 2. The number of ether oxygens (including phenoxy) is 2. The number of rotatable bonds is 5. The van der Waals surface area contributed by atoms with E-state index in [0.29, 0.717) is 5.92 Å². The third-order valence-corrected chi connectivity index (χ3v) is 6.76. The second-order valence-electron chi connectivity index (χ2n) is 8.67. The van der Waals surface area contributed by atoms with Gasteiger partial charge >= 0.3 is 11.9 Å². The molecule has 0 N–H and O–H groups in total. The van der Waals surface area contributed by atoms with Crippen molar-refractivity contribution in [2.45, 2.75) is 43.9 Å². The second kappa shape index (κ2) is 8.22. The summed E-state index contributed by atoms with van der Waals surface area (Å²) in [6, 6.07) is 16.2. The van der Waals surface area contributed by atoms with E-state index in [9.17, 15) is 19.2 Å². The van der Waals surface area contributed by atoms with Gasteiger partial charge in [0.25, 0.3) is 11.8 Å². The first-order chi connectivity index (χ1) is 15.5. The average molecular weight is 433 g/mol. The summed E-state index contributed by atoms with van der Waals surface area (Å²) >= 11 is 0. The fourth-order valence-electron chi connectivity index (χ4n) is 5.24. The Morgan fingerprint density at radius 3 is 1.62 bits per heavy atom. The van der Waals surface area contributed by atoms with Crippen LogP contribution in [0.4, 0.5) is 0 Å². The first-order valence-corrected chi connectivity index (χ1v) is 10.9. The monoisotopic (exact) mass is 433 g/mol. The highest BCUT2D eigenvalue weighted by Gasteiger charge is 2.58. The van der Waals surface area contributed by atoms with E-state index in [1.807, 2.05) is 0 Å². The zero-order valence-corrected chi connectivity index (χ0v) is 17.4. The van der Waals surface area contributed by atoms with Crippen molar-refractivity contribution in [2.24, 2.45) is 11.8 Å². The lowest BCUT2D eigenvalue weighted by Gasteiger charge is -2.29. The Kier molecular flexibility index (Phi) is 5.25. The van der Waals surface area contributed by atoms with Crippen molar-refractivity contribution in [3.63, 3.8) is 0 Å². The summed E-state index contributed by atoms with van der Waals surface area (Å²) in [4.78, 5) is 53.2. The Morgan fingerprint density at radius 1 is 0.719 bits per heavy atom. The zero-order valence-electron chi connectivity index (χ0n) is 17.4. The van der Waals surface area contributed by atoms with E-state index in [4.69, 9.17) is 9.47 Å². The summed E-state index contributed by atoms with van der Waals surface area (Å²) < 4.78 is 10.9. The molecule has 3 fully saturated rings. The molecule has 2 aliphatic carbocycles. The van der Waals surface area contributed by atoms with Crippen molar-refractivity contribution in [1.82, 2.24) is 4.90 Å². The van der Waals surface area contributed by atoms with Gasteiger partial charge in [-0.15, -0.1) is 0 Å². The second-order valence-corrected chi connectivity index (χ2v) is 8.67. The molecule has 32 heavy (non-hydrogen) atoms. The van der Waals surface area contributed by atoms with Gasteiger partial charge in [0.05, 0.1) is 11.1 Å². The molecule has 164 valence electrons. The molecule has 5 unspecified atom stereocenters. The van der Waals surface area contributed by atoms with Crippen molar-refractivity contribution >= 4 is 23.8 Å². The molecule has 1 heterocycles. The minimum absolute atomic E-state index is 0.230. The van der Waals surface area contributed by atoms with Crippen molar-refractivity contribution < 1.29 is 28.7 Å². The largest absolute Gasteiger partial charge is 0.444 e. The first kappa shape index (κ1) is 20.4. The lowest BCUT2D eigenvalue weighted by molar-refractivity contribution is -0.145. The average Bonchev–Trinajstić information content (AvgIpc) is 3.51. The molecule has 7 nitrogen and oxygen atoms in total. The van der Waals surface area contributed by atoms with Crippen molar-refractivity contribution in [3.05, 3.63) is 71.8 Å². The number of hydrogen-bond acceptors (Lipinski definition) is 6. The number of carbonyl (C=O) groups is 4. The maximum atomic E-state index is 13.3. The number of carbonyl (C=O) groups excluding carboxylic acids is 4. The molecule has 7 heteroatoms. The van der Waals surface area contributed by atoms with Crippen LogP contribution >= 0.6 is 0 Å². The van der Waals surface area contributed by atoms with Gasteiger partial charge in [0.1, 0.15) is 0 Å². The van der Waals surface area contributed by atoms with Crippen LogP contribution in [0.3, 0.4) is 0 Å². The standard InChI is InChI=1S/C25H23NO6/c27-22-20(31-24(29)16-7-3-1-4-8-16)21(32-25(30)17-9-5-2-6-10-17)23(28)26(22)19-14-15-11-12-18(19)13-15/h1-10,15,18-21H,11-14H2. The molecule has 3 aliphatic rings. The summed E-state index contributed by atoms with van der Waals surface area (Å²) in [5, 5.41) is 0. The van der Waals surface area contributed by atoms with Gasteiger partial charge < -0.3 is 9.47 Å². The molecule has 2 aromatic carbocycles. The molecule has 5 rings (SSSR count). The van der Waals surface area contributed by atoms with Crippen molar-refractivity contribution in [2.75, 3.05) is 0 Å². The molecule has 1 saturated heterocycles. The normalized spacial score (nSPS) is 28.8. The Labute approximate surface area is 185 Å². The number of esters is 2. The van der Waals surface area contributed by atoms with Gasteiger partial charge in [-0.2, -0.15) is 0 Å². The van der Waals surface area contributed by atoms with Gasteiger partial charge in [-0.1, -0.05) is 42.8 Å². The van der Waals surface area contributed by atoms with Gasteiger partial charge in [0.2, 0.25) is 12.2 Å². The Hall–Kier alpha value is -3.48. The predicted molar refractivity (Wildman–Crippen MR) is 112 cm³/mol. The van der Waals surface area contributed by atoms with Crippen LogP contribution in [-0.4, -0.2) is 46.9 Å². The number of hydrogen-bond donors (Lipinski definition) is 0. The molecule has 1 aliphatic heterocycles. The molecule has 2 saturated carbocycles. The van der Waals surface area contributed by atoms with Gasteiger partial charge in [-0.05, 0) is 55.4 Å². The molecule has 0 aromatic heterocycles. The molecule has 2 aromatic rings. The van der Waals surface area contributed by atoms with E-state index < -0.39 is 36.0 Å². The highest BCUT2D eigenvalue weighted by atomic mass is 16.6. The predicted octanol–water partition coefficient (Wildman–Crippen LogP) is 3.00. The summed E-state index contributed by atoms with van der Waals surface area (Å²) in [5.41, 5.74) is 0.499. The van der Waals surface area contributed by atoms with Crippen LogP contribution in [-0.2, 0) is 19.1 Å². The van der Waals surface area contributed by atoms with Crippen LogP contribution in [0.15, 0.2) is 60.7 Å². The van der Waals surface area contributed by atoms with Crippen molar-refractivity contribution in [1.29, 1.82) is 0 Å². The maximum absolute atomic E-state index is 13.3. The number of nitrogens with zero attached hydrogens (tertiary/aromatic N) is 1.